The summed E-state index contributed by atoms with van der Waals surface area (Å²) >= 11 is 1.04. The van der Waals surface area contributed by atoms with Crippen LogP contribution in [-0.4, -0.2) is 43.8 Å². The topological polar surface area (TPSA) is 139 Å². The Morgan fingerprint density at radius 3 is 2.91 bits per heavy atom. The molecule has 1 unspecified atom stereocenters. The highest BCUT2D eigenvalue weighted by Crippen LogP contribution is 2.22. The first-order chi connectivity index (χ1) is 15.6. The first kappa shape index (κ1) is 21.2. The molecule has 0 saturated carbocycles. The zero-order valence-corrected chi connectivity index (χ0v) is 17.4. The van der Waals surface area contributed by atoms with Crippen LogP contribution in [0.15, 0.2) is 69.3 Å². The maximum Gasteiger partial charge on any atom is 0.305 e. The highest BCUT2D eigenvalue weighted by molar-refractivity contribution is 8.15. The van der Waals surface area contributed by atoms with Crippen molar-refractivity contribution in [2.24, 2.45) is 10.2 Å². The summed E-state index contributed by atoms with van der Waals surface area (Å²) < 4.78 is 10.9. The summed E-state index contributed by atoms with van der Waals surface area (Å²) in [5.74, 6) is 0.0264. The molecular formula is C21H17N5O5S. The predicted octanol–water partition coefficient (Wildman–Crippen LogP) is 2.71. The lowest BCUT2D eigenvalue weighted by molar-refractivity contribution is -0.138. The summed E-state index contributed by atoms with van der Waals surface area (Å²) in [5.41, 5.74) is 1.46. The van der Waals surface area contributed by atoms with E-state index in [1.807, 2.05) is 54.6 Å². The van der Waals surface area contributed by atoms with E-state index in [0.717, 1.165) is 22.9 Å². The minimum absolute atomic E-state index is 0.155. The van der Waals surface area contributed by atoms with E-state index in [1.165, 1.54) is 6.21 Å². The van der Waals surface area contributed by atoms with Gasteiger partial charge in [0, 0.05) is 5.56 Å². The molecule has 32 heavy (non-hydrogen) atoms. The summed E-state index contributed by atoms with van der Waals surface area (Å²) in [6.45, 7) is 0.155. The molecule has 1 aliphatic rings. The molecule has 0 bridgehead atoms. The van der Waals surface area contributed by atoms with Crippen LogP contribution in [0, 0.1) is 0 Å². The van der Waals surface area contributed by atoms with Crippen molar-refractivity contribution < 1.29 is 24.0 Å². The SMILES string of the molecule is O=C(O)CC1SC(=NN=Cc2cccc(-c3noc(COc4ccccc4)n3)c2)NC1=O. The minimum atomic E-state index is -1.05. The molecule has 1 aliphatic heterocycles. The standard InChI is InChI=1S/C21H17N5O5S/c27-18(28)10-16-20(29)24-21(32-16)25-22-11-13-5-4-6-14(9-13)19-23-17(31-26-19)12-30-15-7-2-1-3-8-15/h1-9,11,16H,10,12H2,(H,27,28)(H,24,25,29). The number of carboxylic acids is 1. The number of amidine groups is 1. The molecule has 1 fully saturated rings. The fraction of sp³-hybridized carbons (Fsp3) is 0.143. The number of aromatic nitrogens is 2. The summed E-state index contributed by atoms with van der Waals surface area (Å²) in [6.07, 6.45) is 1.23. The number of carbonyl (C=O) groups excluding carboxylic acids is 1. The number of nitrogens with zero attached hydrogens (tertiary/aromatic N) is 4. The second-order valence-corrected chi connectivity index (χ2v) is 7.77. The monoisotopic (exact) mass is 451 g/mol. The highest BCUT2D eigenvalue weighted by Gasteiger charge is 2.32. The van der Waals surface area contributed by atoms with Crippen molar-refractivity contribution in [3.05, 3.63) is 66.1 Å². The van der Waals surface area contributed by atoms with Crippen LogP contribution in [0.25, 0.3) is 11.4 Å². The van der Waals surface area contributed by atoms with Gasteiger partial charge in [0.1, 0.15) is 11.0 Å². The quantitative estimate of drug-likeness (QED) is 0.394. The van der Waals surface area contributed by atoms with Gasteiger partial charge in [0.15, 0.2) is 11.8 Å². The summed E-state index contributed by atoms with van der Waals surface area (Å²) in [5, 5.41) is 22.8. The van der Waals surface area contributed by atoms with Crippen LogP contribution in [0.1, 0.15) is 17.9 Å². The Bertz CT molecular complexity index is 1180. The molecule has 1 saturated heterocycles. The lowest BCUT2D eigenvalue weighted by atomic mass is 10.1. The summed E-state index contributed by atoms with van der Waals surface area (Å²) in [6, 6.07) is 16.6. The van der Waals surface area contributed by atoms with E-state index in [-0.39, 0.29) is 18.2 Å². The van der Waals surface area contributed by atoms with Gasteiger partial charge >= 0.3 is 5.97 Å². The Balaban J connectivity index is 1.38. The van der Waals surface area contributed by atoms with E-state index >= 15 is 0 Å². The minimum Gasteiger partial charge on any atom is -0.484 e. The number of para-hydroxylation sites is 1. The molecule has 1 atom stereocenters. The third-order valence-electron chi connectivity index (χ3n) is 4.21. The molecule has 0 radical (unpaired) electrons. The lowest BCUT2D eigenvalue weighted by Gasteiger charge is -2.01. The number of benzene rings is 2. The van der Waals surface area contributed by atoms with Crippen LogP contribution in [0.4, 0.5) is 0 Å². The van der Waals surface area contributed by atoms with Crippen molar-refractivity contribution in [1.29, 1.82) is 0 Å². The number of ether oxygens (including phenoxy) is 1. The van der Waals surface area contributed by atoms with Gasteiger partial charge in [-0.05, 0) is 23.8 Å². The Morgan fingerprint density at radius 1 is 1.25 bits per heavy atom. The summed E-state index contributed by atoms with van der Waals surface area (Å²) in [7, 11) is 0. The zero-order valence-electron chi connectivity index (χ0n) is 16.5. The van der Waals surface area contributed by atoms with Gasteiger partial charge < -0.3 is 19.7 Å². The van der Waals surface area contributed by atoms with Crippen LogP contribution < -0.4 is 10.1 Å². The first-order valence-electron chi connectivity index (χ1n) is 9.48. The van der Waals surface area contributed by atoms with E-state index in [9.17, 15) is 9.59 Å². The number of amides is 1. The van der Waals surface area contributed by atoms with Crippen LogP contribution in [0.2, 0.25) is 0 Å². The highest BCUT2D eigenvalue weighted by atomic mass is 32.2. The van der Waals surface area contributed by atoms with E-state index in [4.69, 9.17) is 14.4 Å². The van der Waals surface area contributed by atoms with Gasteiger partial charge in [0.05, 0.1) is 12.6 Å². The maximum atomic E-state index is 11.7. The number of thioether (sulfide) groups is 1. The van der Waals surface area contributed by atoms with E-state index in [0.29, 0.717) is 17.5 Å². The van der Waals surface area contributed by atoms with Gasteiger partial charge in [0.25, 0.3) is 5.89 Å². The average Bonchev–Trinajstić information content (AvgIpc) is 3.40. The molecule has 0 spiro atoms. The molecule has 11 heteroatoms. The van der Waals surface area contributed by atoms with Crippen molar-refractivity contribution in [2.75, 3.05) is 0 Å². The molecule has 2 N–H and O–H groups in total. The largest absolute Gasteiger partial charge is 0.484 e. The third-order valence-corrected chi connectivity index (χ3v) is 5.28. The smallest absolute Gasteiger partial charge is 0.305 e. The molecule has 162 valence electrons. The second-order valence-electron chi connectivity index (χ2n) is 6.58. The number of aliphatic carboxylic acids is 1. The summed E-state index contributed by atoms with van der Waals surface area (Å²) in [4.78, 5) is 26.8. The van der Waals surface area contributed by atoms with Crippen LogP contribution >= 0.6 is 11.8 Å². The molecule has 3 aromatic rings. The van der Waals surface area contributed by atoms with E-state index in [2.05, 4.69) is 25.7 Å². The fourth-order valence-corrected chi connectivity index (χ4v) is 3.66. The molecule has 4 rings (SSSR count). The number of rotatable bonds is 8. The first-order valence-corrected chi connectivity index (χ1v) is 10.4. The molecule has 10 nitrogen and oxygen atoms in total. The molecule has 1 amide bonds. The van der Waals surface area contributed by atoms with Gasteiger partial charge in [-0.3, -0.25) is 9.59 Å². The average molecular weight is 451 g/mol. The third kappa shape index (κ3) is 5.58. The molecule has 2 heterocycles. The van der Waals surface area contributed by atoms with E-state index < -0.39 is 17.1 Å². The number of hydrogen-bond donors (Lipinski definition) is 2. The Hall–Kier alpha value is -3.99. The predicted molar refractivity (Wildman–Crippen MR) is 117 cm³/mol. The van der Waals surface area contributed by atoms with Crippen molar-refractivity contribution in [3.8, 4) is 17.1 Å². The fourth-order valence-electron chi connectivity index (χ4n) is 2.74. The Kier molecular flexibility index (Phi) is 6.56. The number of nitrogens with one attached hydrogen (secondary N) is 1. The van der Waals surface area contributed by atoms with Crippen LogP contribution in [0.5, 0.6) is 5.75 Å². The van der Waals surface area contributed by atoms with Crippen LogP contribution in [-0.2, 0) is 16.2 Å². The normalized spacial score (nSPS) is 17.1. The van der Waals surface area contributed by atoms with Gasteiger partial charge in [-0.2, -0.15) is 10.1 Å². The van der Waals surface area contributed by atoms with Crippen molar-refractivity contribution in [2.45, 2.75) is 18.3 Å². The van der Waals surface area contributed by atoms with Crippen LogP contribution in [0.3, 0.4) is 0 Å². The van der Waals surface area contributed by atoms with Crippen molar-refractivity contribution >= 4 is 35.0 Å². The van der Waals surface area contributed by atoms with Gasteiger partial charge in [-0.15, -0.1) is 5.10 Å². The molecular weight excluding hydrogens is 434 g/mol. The van der Waals surface area contributed by atoms with E-state index in [1.54, 1.807) is 0 Å². The molecule has 1 aromatic heterocycles. The Morgan fingerprint density at radius 2 is 2.09 bits per heavy atom. The zero-order chi connectivity index (χ0) is 22.3. The van der Waals surface area contributed by atoms with Gasteiger partial charge in [0.2, 0.25) is 11.7 Å². The maximum absolute atomic E-state index is 11.7. The number of carbonyl (C=O) groups is 2. The second kappa shape index (κ2) is 9.88. The lowest BCUT2D eigenvalue weighted by Crippen LogP contribution is -2.26. The molecule has 0 aliphatic carbocycles. The number of hydrogen-bond acceptors (Lipinski definition) is 9. The van der Waals surface area contributed by atoms with Crippen molar-refractivity contribution in [3.63, 3.8) is 0 Å². The van der Waals surface area contributed by atoms with Crippen molar-refractivity contribution in [1.82, 2.24) is 15.5 Å². The molecule has 2 aromatic carbocycles. The number of carboxylic acid groups (broad SMARTS) is 1. The Labute approximate surface area is 186 Å². The van der Waals surface area contributed by atoms with Gasteiger partial charge in [-0.1, -0.05) is 53.3 Å². The van der Waals surface area contributed by atoms with Gasteiger partial charge in [-0.25, -0.2) is 0 Å².